The monoisotopic (exact) mass is 1310 g/mol. The van der Waals surface area contributed by atoms with E-state index in [4.69, 9.17) is 37.0 Å². The summed E-state index contributed by atoms with van der Waals surface area (Å²) in [6.07, 6.45) is 41.8. The smallest absolute Gasteiger partial charge is 0.462 e. The molecule has 89 heavy (non-hydrogen) atoms. The lowest BCUT2D eigenvalue weighted by Gasteiger charge is -2.21. The lowest BCUT2D eigenvalue weighted by atomic mass is 9.99. The molecule has 0 aliphatic carbocycles. The first-order chi connectivity index (χ1) is 42.7. The number of carbonyl (C=O) groups is 4. The Morgan fingerprint density at radius 3 is 0.798 bits per heavy atom. The maximum Gasteiger partial charge on any atom is 0.472 e. The van der Waals surface area contributed by atoms with Crippen LogP contribution in [0.3, 0.4) is 0 Å². The molecular weight excluding hydrogens is 1170 g/mol. The highest BCUT2D eigenvalue weighted by Gasteiger charge is 2.30. The van der Waals surface area contributed by atoms with Crippen LogP contribution in [0.4, 0.5) is 0 Å². The Kier molecular flexibility index (Phi) is 58.5. The van der Waals surface area contributed by atoms with Crippen LogP contribution < -0.4 is 0 Å². The van der Waals surface area contributed by atoms with E-state index in [0.29, 0.717) is 31.6 Å². The second kappa shape index (κ2) is 59.8. The molecule has 0 aromatic rings. The van der Waals surface area contributed by atoms with Gasteiger partial charge in [-0.15, -0.1) is 0 Å². The third kappa shape index (κ3) is 62.0. The van der Waals surface area contributed by atoms with Crippen LogP contribution in [-0.4, -0.2) is 96.7 Å². The number of unbranched alkanes of at least 4 members (excludes halogenated alkanes) is 31. The quantitative estimate of drug-likeness (QED) is 0.0222. The average Bonchev–Trinajstić information content (AvgIpc) is 3.71. The Labute approximate surface area is 543 Å². The molecule has 0 spiro atoms. The van der Waals surface area contributed by atoms with Gasteiger partial charge in [0.2, 0.25) is 0 Å². The summed E-state index contributed by atoms with van der Waals surface area (Å²) in [7, 11) is -9.90. The zero-order chi connectivity index (χ0) is 66.1. The lowest BCUT2D eigenvalue weighted by Crippen LogP contribution is -2.30. The first-order valence-electron chi connectivity index (χ1n) is 36.3. The van der Waals surface area contributed by atoms with Gasteiger partial charge >= 0.3 is 39.5 Å². The van der Waals surface area contributed by atoms with Gasteiger partial charge in [0.05, 0.1) is 26.4 Å². The third-order valence-electron chi connectivity index (χ3n) is 16.8. The molecule has 0 amide bonds. The molecule has 17 nitrogen and oxygen atoms in total. The summed E-state index contributed by atoms with van der Waals surface area (Å²) >= 11 is 0. The fourth-order valence-electron chi connectivity index (χ4n) is 10.4. The molecule has 0 aromatic heterocycles. The highest BCUT2D eigenvalue weighted by molar-refractivity contribution is 7.47. The third-order valence-corrected chi connectivity index (χ3v) is 18.7. The first-order valence-corrected chi connectivity index (χ1v) is 39.3. The maximum absolute atomic E-state index is 13.0. The highest BCUT2D eigenvalue weighted by atomic mass is 31.2. The van der Waals surface area contributed by atoms with Crippen molar-refractivity contribution in [2.24, 2.45) is 23.7 Å². The van der Waals surface area contributed by atoms with Crippen LogP contribution in [0, 0.1) is 23.7 Å². The van der Waals surface area contributed by atoms with Crippen molar-refractivity contribution in [2.45, 2.75) is 363 Å². The summed E-state index contributed by atoms with van der Waals surface area (Å²) in [6, 6.07) is 0. The van der Waals surface area contributed by atoms with Crippen molar-refractivity contribution in [3.05, 3.63) is 0 Å². The van der Waals surface area contributed by atoms with Gasteiger partial charge in [0.1, 0.15) is 19.3 Å². The summed E-state index contributed by atoms with van der Waals surface area (Å²) in [5, 5.41) is 10.6. The van der Waals surface area contributed by atoms with Crippen LogP contribution in [0.5, 0.6) is 0 Å². The Morgan fingerprint density at radius 2 is 0.539 bits per heavy atom. The molecule has 0 saturated heterocycles. The van der Waals surface area contributed by atoms with E-state index in [1.807, 2.05) is 0 Å². The number of carbonyl (C=O) groups excluding carboxylic acids is 4. The zero-order valence-electron chi connectivity index (χ0n) is 58.1. The SMILES string of the molecule is CCC(C)CCCCCCCCCCC(=O)O[C@H](COC(=O)CCCCCCCCC(C)CC)COP(=O)(O)OC[C@H](O)COP(=O)(O)OC[C@@H](COC(=O)CCCCCCCCCCCCCCCCC(C)C)OC(=O)CCCCCCCCCC(C)C. The average molecular weight is 1310 g/mol. The van der Waals surface area contributed by atoms with Gasteiger partial charge in [-0.25, -0.2) is 9.13 Å². The van der Waals surface area contributed by atoms with Crippen LogP contribution in [0.15, 0.2) is 0 Å². The van der Waals surface area contributed by atoms with Gasteiger partial charge in [-0.05, 0) is 49.4 Å². The minimum atomic E-state index is -4.95. The molecule has 0 aliphatic heterocycles. The Bertz CT molecular complexity index is 1770. The van der Waals surface area contributed by atoms with Gasteiger partial charge in [-0.2, -0.15) is 0 Å². The van der Waals surface area contributed by atoms with Crippen molar-refractivity contribution in [3.8, 4) is 0 Å². The molecule has 3 N–H and O–H groups in total. The van der Waals surface area contributed by atoms with Gasteiger partial charge in [0.25, 0.3) is 0 Å². The normalized spacial score (nSPS) is 14.9. The molecule has 0 rings (SSSR count). The summed E-state index contributed by atoms with van der Waals surface area (Å²) in [6.45, 7) is 14.1. The van der Waals surface area contributed by atoms with Crippen molar-refractivity contribution < 1.29 is 80.2 Å². The van der Waals surface area contributed by atoms with E-state index in [1.54, 1.807) is 0 Å². The maximum atomic E-state index is 13.0. The van der Waals surface area contributed by atoms with Gasteiger partial charge < -0.3 is 33.8 Å². The fraction of sp³-hybridized carbons (Fsp3) is 0.943. The molecule has 4 unspecified atom stereocenters. The predicted octanol–water partition coefficient (Wildman–Crippen LogP) is 19.7. The number of esters is 4. The number of phosphoric ester groups is 2. The van der Waals surface area contributed by atoms with Gasteiger partial charge in [-0.1, -0.05) is 293 Å². The van der Waals surface area contributed by atoms with Crippen molar-refractivity contribution in [3.63, 3.8) is 0 Å². The lowest BCUT2D eigenvalue weighted by molar-refractivity contribution is -0.161. The fourth-order valence-corrected chi connectivity index (χ4v) is 12.0. The Morgan fingerprint density at radius 1 is 0.315 bits per heavy atom. The zero-order valence-corrected chi connectivity index (χ0v) is 59.8. The number of ether oxygens (including phenoxy) is 4. The van der Waals surface area contributed by atoms with Gasteiger partial charge in [0, 0.05) is 25.7 Å². The topological polar surface area (TPSA) is 237 Å². The van der Waals surface area contributed by atoms with E-state index in [1.165, 1.54) is 141 Å². The minimum Gasteiger partial charge on any atom is -0.462 e. The van der Waals surface area contributed by atoms with Gasteiger partial charge in [-0.3, -0.25) is 37.3 Å². The van der Waals surface area contributed by atoms with E-state index >= 15 is 0 Å². The molecule has 0 fully saturated rings. The van der Waals surface area contributed by atoms with Crippen molar-refractivity contribution in [1.29, 1.82) is 0 Å². The van der Waals surface area contributed by atoms with Crippen LogP contribution in [0.2, 0.25) is 0 Å². The standard InChI is InChI=1S/C70H136O17P2/c1-9-62(7)48-40-32-24-19-20-26-36-44-52-69(74)86-66(57-81-68(73)51-43-35-29-28-33-41-49-63(8)10-2)59-85-89(78,79)83-55-64(71)54-82-88(76,77)84-58-65(87-70(75)53-45-37-27-21-23-31-39-47-61(5)6)56-80-67(72)50-42-34-25-18-16-14-12-11-13-15-17-22-30-38-46-60(3)4/h60-66,71H,9-59H2,1-8H3,(H,76,77)(H,78,79)/t62?,63?,64-,65-,66-/m1/s1. The molecule has 0 saturated carbocycles. The molecule has 0 aliphatic rings. The molecule has 0 aromatic carbocycles. The first kappa shape index (κ1) is 87.1. The summed E-state index contributed by atoms with van der Waals surface area (Å²) in [4.78, 5) is 72.5. The van der Waals surface area contributed by atoms with Crippen molar-refractivity contribution in [1.82, 2.24) is 0 Å². The summed E-state index contributed by atoms with van der Waals surface area (Å²) in [5.74, 6) is 0.862. The number of hydrogen-bond donors (Lipinski definition) is 3. The predicted molar refractivity (Wildman–Crippen MR) is 358 cm³/mol. The second-order valence-corrected chi connectivity index (χ2v) is 29.6. The largest absolute Gasteiger partial charge is 0.472 e. The molecule has 528 valence electrons. The van der Waals surface area contributed by atoms with Crippen molar-refractivity contribution in [2.75, 3.05) is 39.6 Å². The molecule has 0 heterocycles. The second-order valence-electron chi connectivity index (χ2n) is 26.7. The van der Waals surface area contributed by atoms with Crippen LogP contribution in [0.1, 0.15) is 344 Å². The van der Waals surface area contributed by atoms with E-state index in [0.717, 1.165) is 114 Å². The number of aliphatic hydroxyl groups is 1. The molecule has 0 bridgehead atoms. The molecule has 0 radical (unpaired) electrons. The minimum absolute atomic E-state index is 0.103. The number of hydrogen-bond acceptors (Lipinski definition) is 15. The molecule has 7 atom stereocenters. The number of rotatable bonds is 67. The van der Waals surface area contributed by atoms with E-state index < -0.39 is 97.5 Å². The number of aliphatic hydroxyl groups excluding tert-OH is 1. The van der Waals surface area contributed by atoms with Gasteiger partial charge in [0.15, 0.2) is 12.2 Å². The summed E-state index contributed by atoms with van der Waals surface area (Å²) < 4.78 is 68.2. The van der Waals surface area contributed by atoms with Crippen LogP contribution >= 0.6 is 15.6 Å². The number of phosphoric acid groups is 2. The molecular formula is C70H136O17P2. The Balaban J connectivity index is 5.21. The summed E-state index contributed by atoms with van der Waals surface area (Å²) in [5.41, 5.74) is 0. The van der Waals surface area contributed by atoms with E-state index in [2.05, 4.69) is 55.4 Å². The molecule has 19 heteroatoms. The van der Waals surface area contributed by atoms with E-state index in [-0.39, 0.29) is 25.7 Å². The highest BCUT2D eigenvalue weighted by Crippen LogP contribution is 2.45. The van der Waals surface area contributed by atoms with Crippen LogP contribution in [-0.2, 0) is 65.4 Å². The Hall–Kier alpha value is -1.94. The van der Waals surface area contributed by atoms with Crippen LogP contribution in [0.25, 0.3) is 0 Å². The van der Waals surface area contributed by atoms with Crippen molar-refractivity contribution >= 4 is 39.5 Å². The van der Waals surface area contributed by atoms with E-state index in [9.17, 15) is 43.2 Å².